The molecule has 0 atom stereocenters. The molecule has 0 aliphatic heterocycles. The number of carbonyl (C=O) groups excluding carboxylic acids is 1. The van der Waals surface area contributed by atoms with E-state index in [1.54, 1.807) is 6.07 Å². The summed E-state index contributed by atoms with van der Waals surface area (Å²) in [7, 11) is 0. The zero-order chi connectivity index (χ0) is 22.3. The van der Waals surface area contributed by atoms with Gasteiger partial charge in [-0.3, -0.25) is 14.2 Å². The standard InChI is InChI=1S/C19H15Cl3F3N5O/c20-11-2-1-3-13(23)10(11)6-29-7-12(21)19(28-29)26-14(31)8-30-17(9-4-5-9)15(22)16(27-30)18(24)25/h1-3,7,9,18H,4-6,8H2,(H,26,28,31). The van der Waals surface area contributed by atoms with Crippen molar-refractivity contribution in [2.24, 2.45) is 0 Å². The molecular formula is C19H15Cl3F3N5O. The van der Waals surface area contributed by atoms with E-state index in [0.717, 1.165) is 12.8 Å². The van der Waals surface area contributed by atoms with Gasteiger partial charge in [0, 0.05) is 22.7 Å². The van der Waals surface area contributed by atoms with E-state index >= 15 is 0 Å². The second-order valence-electron chi connectivity index (χ2n) is 7.09. The van der Waals surface area contributed by atoms with Crippen molar-refractivity contribution >= 4 is 46.5 Å². The first-order chi connectivity index (χ1) is 14.7. The number of aromatic nitrogens is 4. The van der Waals surface area contributed by atoms with Gasteiger partial charge >= 0.3 is 0 Å². The van der Waals surface area contributed by atoms with Crippen LogP contribution in [0.3, 0.4) is 0 Å². The van der Waals surface area contributed by atoms with Gasteiger partial charge in [-0.25, -0.2) is 13.2 Å². The molecule has 0 bridgehead atoms. The van der Waals surface area contributed by atoms with Gasteiger partial charge in [0.2, 0.25) is 5.91 Å². The third-order valence-electron chi connectivity index (χ3n) is 4.78. The molecule has 1 saturated carbocycles. The third-order valence-corrected chi connectivity index (χ3v) is 5.80. The Balaban J connectivity index is 1.49. The van der Waals surface area contributed by atoms with Crippen molar-refractivity contribution < 1.29 is 18.0 Å². The summed E-state index contributed by atoms with van der Waals surface area (Å²) in [5, 5.41) is 10.7. The van der Waals surface area contributed by atoms with Crippen LogP contribution in [-0.2, 0) is 17.9 Å². The Morgan fingerprint density at radius 1 is 1.19 bits per heavy atom. The molecule has 0 unspecified atom stereocenters. The minimum Gasteiger partial charge on any atom is -0.306 e. The van der Waals surface area contributed by atoms with E-state index in [2.05, 4.69) is 15.5 Å². The smallest absolute Gasteiger partial charge is 0.283 e. The summed E-state index contributed by atoms with van der Waals surface area (Å²) in [6.07, 6.45) is 0.161. The van der Waals surface area contributed by atoms with Crippen LogP contribution in [0.15, 0.2) is 24.4 Å². The maximum atomic E-state index is 14.0. The molecule has 0 spiro atoms. The van der Waals surface area contributed by atoms with Crippen LogP contribution in [0.4, 0.5) is 19.0 Å². The van der Waals surface area contributed by atoms with Gasteiger partial charge in [-0.1, -0.05) is 40.9 Å². The summed E-state index contributed by atoms with van der Waals surface area (Å²) >= 11 is 18.2. The lowest BCUT2D eigenvalue weighted by atomic mass is 10.2. The Bertz CT molecular complexity index is 1120. The number of anilines is 1. The predicted molar refractivity (Wildman–Crippen MR) is 111 cm³/mol. The van der Waals surface area contributed by atoms with Gasteiger partial charge in [0.25, 0.3) is 6.43 Å². The maximum absolute atomic E-state index is 14.0. The second-order valence-corrected chi connectivity index (χ2v) is 8.28. The van der Waals surface area contributed by atoms with Crippen LogP contribution >= 0.6 is 34.8 Å². The molecule has 3 aromatic rings. The van der Waals surface area contributed by atoms with Crippen molar-refractivity contribution in [2.75, 3.05) is 5.32 Å². The van der Waals surface area contributed by atoms with E-state index in [1.807, 2.05) is 0 Å². The Hall–Kier alpha value is -2.23. The largest absolute Gasteiger partial charge is 0.306 e. The normalized spacial score (nSPS) is 13.8. The second kappa shape index (κ2) is 8.72. The number of nitrogens with zero attached hydrogens (tertiary/aromatic N) is 4. The fraction of sp³-hybridized carbons (Fsp3) is 0.316. The molecule has 2 heterocycles. The highest BCUT2D eigenvalue weighted by atomic mass is 35.5. The molecule has 164 valence electrons. The van der Waals surface area contributed by atoms with Crippen molar-refractivity contribution in [2.45, 2.75) is 38.3 Å². The zero-order valence-electron chi connectivity index (χ0n) is 15.8. The number of amides is 1. The average Bonchev–Trinajstić information content (AvgIpc) is 3.39. The highest BCUT2D eigenvalue weighted by Gasteiger charge is 2.34. The van der Waals surface area contributed by atoms with Gasteiger partial charge in [-0.2, -0.15) is 10.2 Å². The number of alkyl halides is 2. The van der Waals surface area contributed by atoms with Gasteiger partial charge in [0.05, 0.1) is 17.3 Å². The van der Waals surface area contributed by atoms with Gasteiger partial charge in [0.15, 0.2) is 5.82 Å². The van der Waals surface area contributed by atoms with E-state index in [9.17, 15) is 18.0 Å². The minimum atomic E-state index is -2.84. The summed E-state index contributed by atoms with van der Waals surface area (Å²) in [6.45, 7) is -0.333. The summed E-state index contributed by atoms with van der Waals surface area (Å²) in [5.41, 5.74) is 0.111. The Kier molecular flexibility index (Phi) is 6.18. The maximum Gasteiger partial charge on any atom is 0.283 e. The number of benzene rings is 1. The van der Waals surface area contributed by atoms with Crippen LogP contribution in [0.5, 0.6) is 0 Å². The number of nitrogens with one attached hydrogen (secondary N) is 1. The van der Waals surface area contributed by atoms with Crippen LogP contribution in [-0.4, -0.2) is 25.5 Å². The number of hydrogen-bond donors (Lipinski definition) is 1. The fourth-order valence-corrected chi connectivity index (χ4v) is 3.99. The molecule has 1 N–H and O–H groups in total. The Morgan fingerprint density at radius 3 is 2.58 bits per heavy atom. The molecule has 31 heavy (non-hydrogen) atoms. The summed E-state index contributed by atoms with van der Waals surface area (Å²) < 4.78 is 42.8. The molecule has 2 aromatic heterocycles. The number of carbonyl (C=O) groups is 1. The Labute approximate surface area is 189 Å². The van der Waals surface area contributed by atoms with Crippen molar-refractivity contribution in [3.8, 4) is 0 Å². The molecule has 1 aromatic carbocycles. The highest BCUT2D eigenvalue weighted by Crippen LogP contribution is 2.45. The summed E-state index contributed by atoms with van der Waals surface area (Å²) in [6, 6.07) is 4.31. The number of hydrogen-bond acceptors (Lipinski definition) is 3. The van der Waals surface area contributed by atoms with Gasteiger partial charge < -0.3 is 5.32 Å². The zero-order valence-corrected chi connectivity index (χ0v) is 18.0. The first-order valence-corrected chi connectivity index (χ1v) is 10.4. The van der Waals surface area contributed by atoms with E-state index in [0.29, 0.717) is 5.69 Å². The first-order valence-electron chi connectivity index (χ1n) is 9.24. The van der Waals surface area contributed by atoms with E-state index in [4.69, 9.17) is 34.8 Å². The van der Waals surface area contributed by atoms with Gasteiger partial charge in [0.1, 0.15) is 23.1 Å². The topological polar surface area (TPSA) is 64.7 Å². The summed E-state index contributed by atoms with van der Waals surface area (Å²) in [5.74, 6) is -1.02. The number of halogens is 6. The van der Waals surface area contributed by atoms with Crippen LogP contribution in [0.2, 0.25) is 15.1 Å². The first kappa shape index (κ1) is 22.0. The third kappa shape index (κ3) is 4.68. The van der Waals surface area contributed by atoms with E-state index < -0.39 is 23.8 Å². The van der Waals surface area contributed by atoms with Crippen LogP contribution in [0.1, 0.15) is 42.1 Å². The van der Waals surface area contributed by atoms with E-state index in [1.165, 1.54) is 27.7 Å². The molecule has 1 fully saturated rings. The van der Waals surface area contributed by atoms with Crippen LogP contribution < -0.4 is 5.32 Å². The monoisotopic (exact) mass is 491 g/mol. The average molecular weight is 493 g/mol. The van der Waals surface area contributed by atoms with Gasteiger partial charge in [-0.15, -0.1) is 0 Å². The molecule has 4 rings (SSSR count). The molecule has 1 aliphatic rings. The van der Waals surface area contributed by atoms with Crippen LogP contribution in [0, 0.1) is 5.82 Å². The lowest BCUT2D eigenvalue weighted by Crippen LogP contribution is -2.21. The minimum absolute atomic E-state index is 0.000558. The SMILES string of the molecule is O=C(Cn1nc(C(F)F)c(Cl)c1C1CC1)Nc1nn(Cc2c(F)cccc2Cl)cc1Cl. The van der Waals surface area contributed by atoms with Crippen molar-refractivity contribution in [1.29, 1.82) is 0 Å². The Morgan fingerprint density at radius 2 is 1.94 bits per heavy atom. The van der Waals surface area contributed by atoms with E-state index in [-0.39, 0.29) is 45.5 Å². The molecule has 6 nitrogen and oxygen atoms in total. The van der Waals surface area contributed by atoms with Crippen LogP contribution in [0.25, 0.3) is 0 Å². The molecule has 0 radical (unpaired) electrons. The lowest BCUT2D eigenvalue weighted by Gasteiger charge is -2.07. The molecule has 0 saturated heterocycles. The molecular weight excluding hydrogens is 478 g/mol. The molecule has 12 heteroatoms. The quantitative estimate of drug-likeness (QED) is 0.461. The fourth-order valence-electron chi connectivity index (χ4n) is 3.19. The lowest BCUT2D eigenvalue weighted by molar-refractivity contribution is -0.117. The molecule has 1 aliphatic carbocycles. The predicted octanol–water partition coefficient (Wildman–Crippen LogP) is 5.68. The van der Waals surface area contributed by atoms with Crippen molar-refractivity contribution in [1.82, 2.24) is 19.6 Å². The molecule has 1 amide bonds. The highest BCUT2D eigenvalue weighted by molar-refractivity contribution is 6.33. The van der Waals surface area contributed by atoms with Crippen molar-refractivity contribution in [3.05, 3.63) is 62.2 Å². The van der Waals surface area contributed by atoms with Crippen molar-refractivity contribution in [3.63, 3.8) is 0 Å². The van der Waals surface area contributed by atoms with Gasteiger partial charge in [-0.05, 0) is 25.0 Å². The summed E-state index contributed by atoms with van der Waals surface area (Å²) in [4.78, 5) is 12.5. The number of rotatable bonds is 7.